The number of carbonyl (C=O) groups is 1. The summed E-state index contributed by atoms with van der Waals surface area (Å²) in [6, 6.07) is 8.94. The summed E-state index contributed by atoms with van der Waals surface area (Å²) in [4.78, 5) is 27.5. The molecule has 142 valence electrons. The van der Waals surface area contributed by atoms with Crippen LogP contribution in [0.5, 0.6) is 5.75 Å². The predicted molar refractivity (Wildman–Crippen MR) is 108 cm³/mol. The van der Waals surface area contributed by atoms with Crippen molar-refractivity contribution in [1.82, 2.24) is 9.55 Å². The summed E-state index contributed by atoms with van der Waals surface area (Å²) in [7, 11) is 1.58. The Morgan fingerprint density at radius 3 is 2.57 bits per heavy atom. The highest BCUT2D eigenvalue weighted by Crippen LogP contribution is 2.28. The standard InChI is InChI=1S/C22H20N2O4/c1-14-4-5-16(19(10-14)22(26)27)6-7-17-12-18(11-15(2)21(17)28-3)24-9-8-23-13-20(24)25/h4-13H,1-3H3,(H,26,27). The molecule has 0 bridgehead atoms. The van der Waals surface area contributed by atoms with Crippen molar-refractivity contribution in [2.75, 3.05) is 7.11 Å². The molecule has 0 fully saturated rings. The minimum atomic E-state index is -0.983. The Labute approximate surface area is 162 Å². The van der Waals surface area contributed by atoms with Gasteiger partial charge in [-0.1, -0.05) is 29.8 Å². The van der Waals surface area contributed by atoms with Crippen molar-refractivity contribution in [3.05, 3.63) is 87.1 Å². The summed E-state index contributed by atoms with van der Waals surface area (Å²) in [5.74, 6) is -0.324. The second-order valence-electron chi connectivity index (χ2n) is 6.40. The van der Waals surface area contributed by atoms with Crippen molar-refractivity contribution in [2.45, 2.75) is 13.8 Å². The molecule has 0 saturated heterocycles. The third kappa shape index (κ3) is 3.86. The van der Waals surface area contributed by atoms with Gasteiger partial charge in [0.2, 0.25) is 0 Å². The third-order valence-corrected chi connectivity index (χ3v) is 4.38. The number of benzene rings is 2. The molecular formula is C22H20N2O4. The zero-order chi connectivity index (χ0) is 20.3. The number of nitrogens with zero attached hydrogens (tertiary/aromatic N) is 2. The van der Waals surface area contributed by atoms with Crippen LogP contribution < -0.4 is 10.3 Å². The molecule has 1 aromatic heterocycles. The topological polar surface area (TPSA) is 81.4 Å². The van der Waals surface area contributed by atoms with Gasteiger partial charge in [0.1, 0.15) is 5.75 Å². The van der Waals surface area contributed by atoms with Gasteiger partial charge < -0.3 is 9.84 Å². The first-order chi connectivity index (χ1) is 13.4. The average Bonchev–Trinajstić information content (AvgIpc) is 2.67. The molecule has 6 heteroatoms. The smallest absolute Gasteiger partial charge is 0.336 e. The van der Waals surface area contributed by atoms with Crippen LogP contribution in [-0.4, -0.2) is 27.7 Å². The molecule has 0 unspecified atom stereocenters. The molecule has 0 aliphatic heterocycles. The number of aromatic carboxylic acids is 1. The molecule has 1 N–H and O–H groups in total. The van der Waals surface area contributed by atoms with Gasteiger partial charge in [-0.05, 0) is 43.2 Å². The minimum absolute atomic E-state index is 0.230. The van der Waals surface area contributed by atoms with Crippen LogP contribution in [0, 0.1) is 13.8 Å². The van der Waals surface area contributed by atoms with Crippen LogP contribution in [0.2, 0.25) is 0 Å². The lowest BCUT2D eigenvalue weighted by molar-refractivity contribution is 0.0696. The van der Waals surface area contributed by atoms with Gasteiger partial charge in [-0.25, -0.2) is 4.79 Å². The maximum Gasteiger partial charge on any atom is 0.336 e. The van der Waals surface area contributed by atoms with Crippen LogP contribution in [0.1, 0.15) is 32.6 Å². The molecule has 0 aliphatic rings. The Balaban J connectivity index is 2.12. The number of ether oxygens (including phenoxy) is 1. The van der Waals surface area contributed by atoms with E-state index < -0.39 is 5.97 Å². The number of carboxylic acid groups (broad SMARTS) is 1. The number of hydrogen-bond donors (Lipinski definition) is 1. The van der Waals surface area contributed by atoms with Gasteiger partial charge in [0.05, 0.1) is 18.9 Å². The minimum Gasteiger partial charge on any atom is -0.496 e. The van der Waals surface area contributed by atoms with Crippen LogP contribution in [-0.2, 0) is 0 Å². The fraction of sp³-hybridized carbons (Fsp3) is 0.136. The molecule has 0 atom stereocenters. The van der Waals surface area contributed by atoms with E-state index >= 15 is 0 Å². The summed E-state index contributed by atoms with van der Waals surface area (Å²) in [6.45, 7) is 3.74. The summed E-state index contributed by atoms with van der Waals surface area (Å²) in [6.07, 6.45) is 7.92. The Morgan fingerprint density at radius 1 is 1.14 bits per heavy atom. The molecule has 0 saturated carbocycles. The highest BCUT2D eigenvalue weighted by Gasteiger charge is 2.11. The van der Waals surface area contributed by atoms with E-state index in [1.54, 1.807) is 43.8 Å². The normalized spacial score (nSPS) is 11.0. The highest BCUT2D eigenvalue weighted by atomic mass is 16.5. The fourth-order valence-electron chi connectivity index (χ4n) is 3.06. The second kappa shape index (κ2) is 7.92. The molecular weight excluding hydrogens is 356 g/mol. The predicted octanol–water partition coefficient (Wildman–Crippen LogP) is 3.73. The molecule has 3 aromatic rings. The van der Waals surface area contributed by atoms with Crippen LogP contribution >= 0.6 is 0 Å². The van der Waals surface area contributed by atoms with E-state index in [2.05, 4.69) is 4.98 Å². The first kappa shape index (κ1) is 19.1. The van der Waals surface area contributed by atoms with Gasteiger partial charge in [-0.15, -0.1) is 0 Å². The molecule has 0 aliphatic carbocycles. The van der Waals surface area contributed by atoms with E-state index in [1.165, 1.54) is 10.8 Å². The van der Waals surface area contributed by atoms with Gasteiger partial charge in [0.15, 0.2) is 0 Å². The van der Waals surface area contributed by atoms with E-state index in [-0.39, 0.29) is 11.1 Å². The quantitative estimate of drug-likeness (QED) is 0.686. The summed E-state index contributed by atoms with van der Waals surface area (Å²) < 4.78 is 7.01. The lowest BCUT2D eigenvalue weighted by Crippen LogP contribution is -2.17. The lowest BCUT2D eigenvalue weighted by atomic mass is 10.0. The largest absolute Gasteiger partial charge is 0.496 e. The van der Waals surface area contributed by atoms with E-state index in [1.807, 2.05) is 32.0 Å². The van der Waals surface area contributed by atoms with Gasteiger partial charge in [0, 0.05) is 23.6 Å². The number of aryl methyl sites for hydroxylation is 2. The van der Waals surface area contributed by atoms with Crippen molar-refractivity contribution in [2.24, 2.45) is 0 Å². The highest BCUT2D eigenvalue weighted by molar-refractivity contribution is 5.94. The fourth-order valence-corrected chi connectivity index (χ4v) is 3.06. The molecule has 6 nitrogen and oxygen atoms in total. The number of carboxylic acids is 1. The van der Waals surface area contributed by atoms with Crippen LogP contribution in [0.4, 0.5) is 0 Å². The maximum atomic E-state index is 12.1. The molecule has 1 heterocycles. The van der Waals surface area contributed by atoms with Crippen molar-refractivity contribution in [3.8, 4) is 11.4 Å². The van der Waals surface area contributed by atoms with E-state index in [0.29, 0.717) is 17.0 Å². The van der Waals surface area contributed by atoms with Crippen LogP contribution in [0.3, 0.4) is 0 Å². The third-order valence-electron chi connectivity index (χ3n) is 4.38. The van der Waals surface area contributed by atoms with Crippen molar-refractivity contribution in [3.63, 3.8) is 0 Å². The number of hydrogen-bond acceptors (Lipinski definition) is 4. The van der Waals surface area contributed by atoms with Crippen molar-refractivity contribution >= 4 is 18.1 Å². The Bertz CT molecular complexity index is 1130. The first-order valence-electron chi connectivity index (χ1n) is 8.64. The Hall–Kier alpha value is -3.67. The van der Waals surface area contributed by atoms with Gasteiger partial charge in [-0.3, -0.25) is 14.3 Å². The van der Waals surface area contributed by atoms with Crippen molar-refractivity contribution < 1.29 is 14.6 Å². The number of methoxy groups -OCH3 is 1. The van der Waals surface area contributed by atoms with Crippen molar-refractivity contribution in [1.29, 1.82) is 0 Å². The first-order valence-corrected chi connectivity index (χ1v) is 8.64. The Kier molecular flexibility index (Phi) is 5.40. The van der Waals surface area contributed by atoms with Gasteiger partial charge in [0.25, 0.3) is 5.56 Å². The zero-order valence-corrected chi connectivity index (χ0v) is 15.8. The Morgan fingerprint density at radius 2 is 1.89 bits per heavy atom. The SMILES string of the molecule is COc1c(C)cc(-n2ccncc2=O)cc1C=Cc1ccc(C)cc1C(=O)O. The average molecular weight is 376 g/mol. The summed E-state index contributed by atoms with van der Waals surface area (Å²) >= 11 is 0. The second-order valence-corrected chi connectivity index (χ2v) is 6.40. The molecule has 0 amide bonds. The van der Waals surface area contributed by atoms with Gasteiger partial charge in [-0.2, -0.15) is 0 Å². The van der Waals surface area contributed by atoms with Gasteiger partial charge >= 0.3 is 5.97 Å². The van der Waals surface area contributed by atoms with E-state index in [9.17, 15) is 14.7 Å². The van der Waals surface area contributed by atoms with Crippen LogP contribution in [0.25, 0.3) is 17.8 Å². The summed E-state index contributed by atoms with van der Waals surface area (Å²) in [5.41, 5.74) is 3.71. The monoisotopic (exact) mass is 376 g/mol. The lowest BCUT2D eigenvalue weighted by Gasteiger charge is -2.13. The zero-order valence-electron chi connectivity index (χ0n) is 15.8. The maximum absolute atomic E-state index is 12.1. The number of aromatic nitrogens is 2. The molecule has 28 heavy (non-hydrogen) atoms. The summed E-state index contributed by atoms with van der Waals surface area (Å²) in [5, 5.41) is 9.45. The molecule has 0 radical (unpaired) electrons. The van der Waals surface area contributed by atoms with E-state index in [0.717, 1.165) is 16.7 Å². The molecule has 0 spiro atoms. The number of rotatable bonds is 5. The molecule has 2 aromatic carbocycles. The van der Waals surface area contributed by atoms with E-state index in [4.69, 9.17) is 4.74 Å². The molecule has 3 rings (SSSR count). The van der Waals surface area contributed by atoms with Crippen LogP contribution in [0.15, 0.2) is 53.7 Å².